The first kappa shape index (κ1) is 16.5. The monoisotopic (exact) mass is 322 g/mol. The second-order valence-electron chi connectivity index (χ2n) is 4.78. The molecule has 1 aromatic heterocycles. The molecule has 1 amide bonds. The summed E-state index contributed by atoms with van der Waals surface area (Å²) in [6, 6.07) is 7.18. The molecule has 0 fully saturated rings. The molecule has 1 N–H and O–H groups in total. The van der Waals surface area contributed by atoms with Gasteiger partial charge in [0.05, 0.1) is 0 Å². The number of hydrogen-bond donors (Lipinski definition) is 1. The van der Waals surface area contributed by atoms with Crippen LogP contribution in [0.25, 0.3) is 11.3 Å². The fourth-order valence-corrected chi connectivity index (χ4v) is 2.27. The van der Waals surface area contributed by atoms with E-state index in [1.165, 1.54) is 0 Å². The Morgan fingerprint density at radius 1 is 1.45 bits per heavy atom. The third kappa shape index (κ3) is 4.08. The molecule has 0 aliphatic carbocycles. The number of nitrogens with one attached hydrogen (secondary N) is 1. The molecule has 0 spiro atoms. The molecule has 1 heterocycles. The largest absolute Gasteiger partial charge is 0.382 e. The number of halogens is 1. The van der Waals surface area contributed by atoms with E-state index in [1.807, 2.05) is 19.1 Å². The summed E-state index contributed by atoms with van der Waals surface area (Å²) in [4.78, 5) is 12.4. The number of ether oxygens (including phenoxy) is 1. The van der Waals surface area contributed by atoms with Crippen molar-refractivity contribution in [3.63, 3.8) is 0 Å². The Morgan fingerprint density at radius 2 is 2.27 bits per heavy atom. The van der Waals surface area contributed by atoms with Crippen LogP contribution in [0, 0.1) is 6.92 Å². The quantitative estimate of drug-likeness (QED) is 0.793. The second-order valence-corrected chi connectivity index (χ2v) is 5.22. The van der Waals surface area contributed by atoms with E-state index < -0.39 is 0 Å². The zero-order valence-electron chi connectivity index (χ0n) is 12.7. The van der Waals surface area contributed by atoms with Gasteiger partial charge < -0.3 is 14.6 Å². The van der Waals surface area contributed by atoms with Crippen molar-refractivity contribution < 1.29 is 14.1 Å². The van der Waals surface area contributed by atoms with Gasteiger partial charge >= 0.3 is 0 Å². The summed E-state index contributed by atoms with van der Waals surface area (Å²) in [6.07, 6.45) is 0.760. The molecule has 0 saturated heterocycles. The highest BCUT2D eigenvalue weighted by molar-refractivity contribution is 6.30. The Morgan fingerprint density at radius 3 is 3.00 bits per heavy atom. The molecular weight excluding hydrogens is 304 g/mol. The molecule has 0 saturated carbocycles. The van der Waals surface area contributed by atoms with Crippen molar-refractivity contribution in [1.82, 2.24) is 10.5 Å². The Hall–Kier alpha value is -1.85. The summed E-state index contributed by atoms with van der Waals surface area (Å²) >= 11 is 5.99. The van der Waals surface area contributed by atoms with Crippen LogP contribution in [0.5, 0.6) is 0 Å². The Bertz CT molecular complexity index is 640. The number of aryl methyl sites for hydroxylation is 1. The number of carbonyl (C=O) groups is 1. The van der Waals surface area contributed by atoms with E-state index >= 15 is 0 Å². The highest BCUT2D eigenvalue weighted by Crippen LogP contribution is 2.27. The van der Waals surface area contributed by atoms with Crippen molar-refractivity contribution in [2.75, 3.05) is 19.8 Å². The molecule has 0 bridgehead atoms. The van der Waals surface area contributed by atoms with E-state index in [-0.39, 0.29) is 5.91 Å². The zero-order chi connectivity index (χ0) is 15.9. The standard InChI is InChI=1S/C16H19ClN2O3/c1-3-21-9-5-8-18-16(20)14-11(2)22-19-15(14)12-6-4-7-13(17)10-12/h4,6-7,10H,3,5,8-9H2,1-2H3,(H,18,20). The molecule has 2 aromatic rings. The zero-order valence-corrected chi connectivity index (χ0v) is 13.4. The minimum Gasteiger partial charge on any atom is -0.382 e. The lowest BCUT2D eigenvalue weighted by Crippen LogP contribution is -2.26. The van der Waals surface area contributed by atoms with Crippen molar-refractivity contribution >= 4 is 17.5 Å². The van der Waals surface area contributed by atoms with E-state index in [2.05, 4.69) is 10.5 Å². The average Bonchev–Trinajstić information content (AvgIpc) is 2.89. The smallest absolute Gasteiger partial charge is 0.257 e. The first-order chi connectivity index (χ1) is 10.6. The number of benzene rings is 1. The molecule has 6 heteroatoms. The number of carbonyl (C=O) groups excluding carboxylic acids is 1. The minimum absolute atomic E-state index is 0.203. The van der Waals surface area contributed by atoms with Crippen LogP contribution < -0.4 is 5.32 Å². The number of rotatable bonds is 7. The van der Waals surface area contributed by atoms with E-state index in [0.29, 0.717) is 41.8 Å². The van der Waals surface area contributed by atoms with Gasteiger partial charge in [-0.3, -0.25) is 4.79 Å². The van der Waals surface area contributed by atoms with Gasteiger partial charge in [0.15, 0.2) is 0 Å². The topological polar surface area (TPSA) is 64.4 Å². The predicted molar refractivity (Wildman–Crippen MR) is 85.1 cm³/mol. The number of amides is 1. The Labute approximate surface area is 134 Å². The van der Waals surface area contributed by atoms with Gasteiger partial charge in [0.25, 0.3) is 5.91 Å². The normalized spacial score (nSPS) is 10.7. The summed E-state index contributed by atoms with van der Waals surface area (Å²) in [6.45, 7) is 5.50. The summed E-state index contributed by atoms with van der Waals surface area (Å²) in [5, 5.41) is 7.43. The van der Waals surface area contributed by atoms with Crippen LogP contribution in [0.4, 0.5) is 0 Å². The van der Waals surface area contributed by atoms with Crippen LogP contribution in [0.1, 0.15) is 29.5 Å². The fraction of sp³-hybridized carbons (Fsp3) is 0.375. The SMILES string of the molecule is CCOCCCNC(=O)c1c(-c2cccc(Cl)c2)noc1C. The van der Waals surface area contributed by atoms with E-state index in [4.69, 9.17) is 20.9 Å². The van der Waals surface area contributed by atoms with E-state index in [9.17, 15) is 4.79 Å². The average molecular weight is 323 g/mol. The van der Waals surface area contributed by atoms with Crippen LogP contribution in [0.3, 0.4) is 0 Å². The molecule has 0 atom stereocenters. The lowest BCUT2D eigenvalue weighted by atomic mass is 10.1. The van der Waals surface area contributed by atoms with Crippen molar-refractivity contribution in [2.24, 2.45) is 0 Å². The Kier molecular flexibility index (Phi) is 5.98. The highest BCUT2D eigenvalue weighted by Gasteiger charge is 2.21. The van der Waals surface area contributed by atoms with Gasteiger partial charge in [0.1, 0.15) is 17.0 Å². The van der Waals surface area contributed by atoms with Gasteiger partial charge in [-0.1, -0.05) is 28.9 Å². The highest BCUT2D eigenvalue weighted by atomic mass is 35.5. The maximum Gasteiger partial charge on any atom is 0.257 e. The molecule has 0 radical (unpaired) electrons. The van der Waals surface area contributed by atoms with Gasteiger partial charge in [-0.25, -0.2) is 0 Å². The van der Waals surface area contributed by atoms with E-state index in [0.717, 1.165) is 12.0 Å². The molecule has 22 heavy (non-hydrogen) atoms. The molecule has 118 valence electrons. The maximum absolute atomic E-state index is 12.4. The van der Waals surface area contributed by atoms with Gasteiger partial charge in [0, 0.05) is 30.3 Å². The van der Waals surface area contributed by atoms with Crippen LogP contribution in [-0.4, -0.2) is 30.8 Å². The van der Waals surface area contributed by atoms with Crippen LogP contribution in [-0.2, 0) is 4.74 Å². The minimum atomic E-state index is -0.203. The summed E-state index contributed by atoms with van der Waals surface area (Å²) < 4.78 is 10.4. The van der Waals surface area contributed by atoms with Crippen molar-refractivity contribution in [3.8, 4) is 11.3 Å². The second kappa shape index (κ2) is 7.96. The van der Waals surface area contributed by atoms with Crippen molar-refractivity contribution in [3.05, 3.63) is 40.6 Å². The van der Waals surface area contributed by atoms with Gasteiger partial charge in [-0.15, -0.1) is 0 Å². The lowest BCUT2D eigenvalue weighted by Gasteiger charge is -2.06. The summed E-state index contributed by atoms with van der Waals surface area (Å²) in [5.41, 5.74) is 1.70. The molecule has 2 rings (SSSR count). The van der Waals surface area contributed by atoms with Crippen molar-refractivity contribution in [2.45, 2.75) is 20.3 Å². The third-order valence-electron chi connectivity index (χ3n) is 3.14. The fourth-order valence-electron chi connectivity index (χ4n) is 2.08. The Balaban J connectivity index is 2.10. The van der Waals surface area contributed by atoms with Gasteiger partial charge in [-0.2, -0.15) is 0 Å². The lowest BCUT2D eigenvalue weighted by molar-refractivity contribution is 0.0943. The molecule has 5 nitrogen and oxygen atoms in total. The third-order valence-corrected chi connectivity index (χ3v) is 3.38. The first-order valence-electron chi connectivity index (χ1n) is 7.21. The summed E-state index contributed by atoms with van der Waals surface area (Å²) in [7, 11) is 0. The number of aromatic nitrogens is 1. The molecule has 0 aliphatic heterocycles. The van der Waals surface area contributed by atoms with Crippen LogP contribution in [0.2, 0.25) is 5.02 Å². The predicted octanol–water partition coefficient (Wildman–Crippen LogP) is 3.46. The van der Waals surface area contributed by atoms with Crippen LogP contribution in [0.15, 0.2) is 28.8 Å². The molecular formula is C16H19ClN2O3. The first-order valence-corrected chi connectivity index (χ1v) is 7.59. The summed E-state index contributed by atoms with van der Waals surface area (Å²) in [5.74, 6) is 0.280. The van der Waals surface area contributed by atoms with Gasteiger partial charge in [-0.05, 0) is 32.4 Å². The number of hydrogen-bond acceptors (Lipinski definition) is 4. The van der Waals surface area contributed by atoms with Gasteiger partial charge in [0.2, 0.25) is 0 Å². The molecule has 0 unspecified atom stereocenters. The van der Waals surface area contributed by atoms with Crippen LogP contribution >= 0.6 is 11.6 Å². The molecule has 1 aromatic carbocycles. The van der Waals surface area contributed by atoms with Crippen molar-refractivity contribution in [1.29, 1.82) is 0 Å². The van der Waals surface area contributed by atoms with E-state index in [1.54, 1.807) is 19.1 Å². The molecule has 0 aliphatic rings. The number of nitrogens with zero attached hydrogens (tertiary/aromatic N) is 1. The maximum atomic E-state index is 12.4.